The Kier molecular flexibility index (Phi) is 10.4. The first-order chi connectivity index (χ1) is 27.1. The van der Waals surface area contributed by atoms with Gasteiger partial charge in [-0.1, -0.05) is 26.0 Å². The molecule has 3 aliphatic heterocycles. The van der Waals surface area contributed by atoms with Gasteiger partial charge in [-0.2, -0.15) is 13.2 Å². The van der Waals surface area contributed by atoms with Crippen LogP contribution in [0.15, 0.2) is 36.5 Å². The Balaban J connectivity index is 1.27. The number of amides is 4. The summed E-state index contributed by atoms with van der Waals surface area (Å²) in [5.74, 6) is -5.67. The topological polar surface area (TPSA) is 194 Å². The van der Waals surface area contributed by atoms with Crippen molar-refractivity contribution in [2.24, 2.45) is 17.8 Å². The molecule has 0 unspecified atom stereocenters. The molecule has 0 radical (unpaired) electrons. The van der Waals surface area contributed by atoms with E-state index in [1.54, 1.807) is 19.1 Å². The van der Waals surface area contributed by atoms with E-state index in [-0.39, 0.29) is 58.2 Å². The van der Waals surface area contributed by atoms with Gasteiger partial charge < -0.3 is 29.5 Å². The number of rotatable bonds is 7. The van der Waals surface area contributed by atoms with E-state index >= 15 is 0 Å². The Labute approximate surface area is 329 Å². The third-order valence-electron chi connectivity index (χ3n) is 11.5. The SMILES string of the molecule is C[C@H]1CC/C=C\[C@@H]2C[C@@]2(C(=O)NS(=O)(=O)C2CC2)NC(=O)[C@@H]2C[C@@H](Oc3nccc4c5c(ccc34)OC(F)(F)O5)CN2C(=O)[C@@H](N(C(=O)O)[C@H](C)C(F)(F)F)[C@H](C)C1. The lowest BCUT2D eigenvalue weighted by Gasteiger charge is -2.40. The van der Waals surface area contributed by atoms with Crippen molar-refractivity contribution in [2.45, 2.75) is 113 Å². The van der Waals surface area contributed by atoms with Crippen LogP contribution >= 0.6 is 0 Å². The van der Waals surface area contributed by atoms with Gasteiger partial charge in [0.25, 0.3) is 5.91 Å². The number of carbonyl (C=O) groups is 4. The monoisotopic (exact) mass is 843 g/mol. The molecule has 4 heterocycles. The molecule has 3 N–H and O–H groups in total. The predicted molar refractivity (Wildman–Crippen MR) is 192 cm³/mol. The minimum atomic E-state index is -5.08. The highest BCUT2D eigenvalue weighted by molar-refractivity contribution is 7.91. The summed E-state index contributed by atoms with van der Waals surface area (Å²) in [7, 11) is -4.06. The van der Waals surface area contributed by atoms with E-state index in [2.05, 4.69) is 24.5 Å². The van der Waals surface area contributed by atoms with E-state index in [0.717, 1.165) is 4.90 Å². The third-order valence-corrected chi connectivity index (χ3v) is 13.4. The first kappa shape index (κ1) is 41.2. The van der Waals surface area contributed by atoms with Crippen LogP contribution in [0.1, 0.15) is 65.7 Å². The highest BCUT2D eigenvalue weighted by Crippen LogP contribution is 2.48. The molecule has 2 saturated carbocycles. The number of halogens is 5. The fourth-order valence-corrected chi connectivity index (χ4v) is 9.60. The Morgan fingerprint density at radius 2 is 1.83 bits per heavy atom. The molecule has 316 valence electrons. The predicted octanol–water partition coefficient (Wildman–Crippen LogP) is 4.70. The lowest BCUT2D eigenvalue weighted by atomic mass is 9.86. The number of nitrogens with zero attached hydrogens (tertiary/aromatic N) is 3. The van der Waals surface area contributed by atoms with Crippen molar-refractivity contribution in [3.05, 3.63) is 36.5 Å². The molecule has 8 atom stereocenters. The Morgan fingerprint density at radius 1 is 1.10 bits per heavy atom. The van der Waals surface area contributed by atoms with E-state index in [9.17, 15) is 54.7 Å². The van der Waals surface area contributed by atoms with Crippen LogP contribution in [0.2, 0.25) is 0 Å². The molecule has 2 aromatic rings. The van der Waals surface area contributed by atoms with Crippen LogP contribution in [-0.4, -0.2) is 106 Å². The van der Waals surface area contributed by atoms with Crippen LogP contribution < -0.4 is 24.2 Å². The maximum Gasteiger partial charge on any atom is 0.586 e. The summed E-state index contributed by atoms with van der Waals surface area (Å²) in [5.41, 5.74) is -1.76. The average molecular weight is 844 g/mol. The number of alkyl halides is 5. The summed E-state index contributed by atoms with van der Waals surface area (Å²) >= 11 is 0. The minimum absolute atomic E-state index is 0.00202. The molecule has 21 heteroatoms. The summed E-state index contributed by atoms with van der Waals surface area (Å²) < 4.78 is 114. The van der Waals surface area contributed by atoms with Crippen molar-refractivity contribution >= 4 is 44.6 Å². The lowest BCUT2D eigenvalue weighted by molar-refractivity contribution is -0.286. The Hall–Kier alpha value is -4.95. The van der Waals surface area contributed by atoms with Crippen LogP contribution in [-0.2, 0) is 24.4 Å². The summed E-state index contributed by atoms with van der Waals surface area (Å²) in [6, 6.07) is -2.23. The van der Waals surface area contributed by atoms with Gasteiger partial charge >= 0.3 is 18.6 Å². The Bertz CT molecular complexity index is 2150. The zero-order chi connectivity index (χ0) is 42.1. The largest absolute Gasteiger partial charge is 0.586 e. The maximum atomic E-state index is 14.8. The summed E-state index contributed by atoms with van der Waals surface area (Å²) in [6.07, 6.45) is -6.15. The molecule has 15 nitrogen and oxygen atoms in total. The second kappa shape index (κ2) is 14.7. The number of sulfonamides is 1. The number of hydrogen-bond donors (Lipinski definition) is 3. The van der Waals surface area contributed by atoms with Gasteiger partial charge in [0.05, 0.1) is 11.8 Å². The number of hydrogen-bond acceptors (Lipinski definition) is 10. The van der Waals surface area contributed by atoms with Crippen LogP contribution in [0.4, 0.5) is 26.7 Å². The van der Waals surface area contributed by atoms with Gasteiger partial charge in [-0.25, -0.2) is 18.2 Å². The highest BCUT2D eigenvalue weighted by Gasteiger charge is 2.62. The second-order valence-corrected chi connectivity index (χ2v) is 17.8. The molecule has 3 fully saturated rings. The normalized spacial score (nSPS) is 30.9. The van der Waals surface area contributed by atoms with Crippen LogP contribution in [0, 0.1) is 17.8 Å². The summed E-state index contributed by atoms with van der Waals surface area (Å²) in [6.45, 7) is 3.41. The van der Waals surface area contributed by atoms with Gasteiger partial charge in [-0.3, -0.25) is 24.0 Å². The number of nitrogens with one attached hydrogen (secondary N) is 2. The van der Waals surface area contributed by atoms with Crippen molar-refractivity contribution in [2.75, 3.05) is 6.54 Å². The number of pyridine rings is 1. The van der Waals surface area contributed by atoms with Gasteiger partial charge in [0.2, 0.25) is 27.7 Å². The van der Waals surface area contributed by atoms with Crippen LogP contribution in [0.3, 0.4) is 0 Å². The van der Waals surface area contributed by atoms with E-state index in [1.807, 2.05) is 0 Å². The first-order valence-electron chi connectivity index (χ1n) is 18.9. The summed E-state index contributed by atoms with van der Waals surface area (Å²) in [4.78, 5) is 60.9. The fraction of sp³-hybridized carbons (Fsp3) is 0.595. The average Bonchev–Trinajstić information content (AvgIpc) is 4.03. The number of aromatic nitrogens is 1. The van der Waals surface area contributed by atoms with Crippen molar-refractivity contribution < 1.29 is 68.9 Å². The van der Waals surface area contributed by atoms with E-state index in [4.69, 9.17) is 4.74 Å². The molecule has 0 spiro atoms. The van der Waals surface area contributed by atoms with Crippen molar-refractivity contribution in [1.82, 2.24) is 24.8 Å². The standard InChI is InChI=1S/C37H42F5N5O10S/c1-18-6-4-5-7-21-16-35(21,33(50)45-58(53,54)23-8-9-23)44-30(48)26-15-22(55-31-25-10-11-27-29(24(25)12-13-43-31)57-37(41,42)56-27)17-46(26)32(49)28(19(2)14-18)47(34(51)52)20(3)36(38,39)40/h5,7,10-13,18-23,26,28H,4,6,8-9,14-17H2,1-3H3,(H,44,48)(H,45,50)(H,51,52)/b7-5-/t18-,19+,20+,21+,22+,26-,28-,35+/m0/s1. The molecule has 7 rings (SSSR count). The first-order valence-corrected chi connectivity index (χ1v) is 20.4. The van der Waals surface area contributed by atoms with Gasteiger partial charge in [0.1, 0.15) is 29.8 Å². The molecule has 58 heavy (non-hydrogen) atoms. The maximum absolute atomic E-state index is 14.8. The van der Waals surface area contributed by atoms with Crippen molar-refractivity contribution in [3.63, 3.8) is 0 Å². The number of fused-ring (bicyclic) bond motifs is 5. The number of benzene rings is 1. The smallest absolute Gasteiger partial charge is 0.472 e. The highest BCUT2D eigenvalue weighted by atomic mass is 32.2. The van der Waals surface area contributed by atoms with Crippen LogP contribution in [0.25, 0.3) is 10.8 Å². The molecular formula is C37H42F5N5O10S. The molecule has 1 aromatic heterocycles. The molecule has 5 aliphatic rings. The molecule has 1 aromatic carbocycles. The third kappa shape index (κ3) is 7.92. The Morgan fingerprint density at radius 3 is 2.50 bits per heavy atom. The van der Waals surface area contributed by atoms with Gasteiger partial charge in [0, 0.05) is 29.3 Å². The lowest BCUT2D eigenvalue weighted by Crippen LogP contribution is -2.62. The molecular weight excluding hydrogens is 801 g/mol. The van der Waals surface area contributed by atoms with E-state index < -0.39 is 99.7 Å². The number of allylic oxidation sites excluding steroid dienone is 1. The van der Waals surface area contributed by atoms with Crippen molar-refractivity contribution in [1.29, 1.82) is 0 Å². The number of carboxylic acid groups (broad SMARTS) is 1. The number of carbonyl (C=O) groups excluding carboxylic acids is 3. The zero-order valence-corrected chi connectivity index (χ0v) is 32.3. The van der Waals surface area contributed by atoms with Gasteiger partial charge in [-0.15, -0.1) is 8.78 Å². The summed E-state index contributed by atoms with van der Waals surface area (Å²) in [5, 5.41) is 12.4. The minimum Gasteiger partial charge on any atom is -0.472 e. The molecule has 2 aliphatic carbocycles. The van der Waals surface area contributed by atoms with E-state index in [1.165, 1.54) is 31.3 Å². The fourth-order valence-electron chi connectivity index (χ4n) is 8.24. The molecule has 0 bridgehead atoms. The molecule has 4 amide bonds. The van der Waals surface area contributed by atoms with Gasteiger partial charge in [0.15, 0.2) is 11.5 Å². The number of ether oxygens (including phenoxy) is 3. The van der Waals surface area contributed by atoms with Gasteiger partial charge in [-0.05, 0) is 75.5 Å². The van der Waals surface area contributed by atoms with Crippen LogP contribution in [0.5, 0.6) is 17.4 Å². The second-order valence-electron chi connectivity index (χ2n) is 15.9. The quantitative estimate of drug-likeness (QED) is 0.259. The molecule has 1 saturated heterocycles. The zero-order valence-electron chi connectivity index (χ0n) is 31.5. The van der Waals surface area contributed by atoms with Crippen molar-refractivity contribution in [3.8, 4) is 17.4 Å². The van der Waals surface area contributed by atoms with E-state index in [0.29, 0.717) is 32.6 Å².